The van der Waals surface area contributed by atoms with Crippen LogP contribution >= 0.6 is 0 Å². The van der Waals surface area contributed by atoms with Gasteiger partial charge in [-0.1, -0.05) is 35.1 Å². The lowest BCUT2D eigenvalue weighted by atomic mass is 10.1. The molecule has 1 nitrogen and oxygen atoms in total. The van der Waals surface area contributed by atoms with Crippen molar-refractivity contribution < 1.29 is 4.74 Å². The predicted molar refractivity (Wildman–Crippen MR) is 44.8 cm³/mol. The Bertz CT molecular complexity index is 35.5. The van der Waals surface area contributed by atoms with Crippen molar-refractivity contribution in [3.63, 3.8) is 0 Å². The summed E-state index contributed by atoms with van der Waals surface area (Å²) in [5, 5.41) is 0. The maximum Gasteiger partial charge on any atom is 0.0487 e. The van der Waals surface area contributed by atoms with E-state index in [1.807, 2.05) is 0 Å². The predicted octanol–water partition coefficient (Wildman–Crippen LogP) is 2.95. The van der Waals surface area contributed by atoms with Crippen LogP contribution in [0.2, 0.25) is 0 Å². The number of ether oxygens (including phenoxy) is 1. The molecule has 0 aromatic carbocycles. The Morgan fingerprint density at radius 3 is 1.89 bits per heavy atom. The van der Waals surface area contributed by atoms with Crippen molar-refractivity contribution in [2.24, 2.45) is 5.92 Å². The summed E-state index contributed by atoms with van der Waals surface area (Å²) in [6.07, 6.45) is 1.22. The smallest absolute Gasteiger partial charge is 0.0487 e. The van der Waals surface area contributed by atoms with Crippen LogP contribution in [0.5, 0.6) is 0 Å². The summed E-state index contributed by atoms with van der Waals surface area (Å²) in [7, 11) is 1.74. The van der Waals surface area contributed by atoms with Gasteiger partial charge in [-0.3, -0.25) is 0 Å². The lowest BCUT2D eigenvalue weighted by Gasteiger charge is -2.03. The first-order valence-corrected chi connectivity index (χ1v) is 2.80. The zero-order chi connectivity index (χ0) is 5.70. The molecule has 0 bridgehead atoms. The molecule has 1 atom stereocenters. The first-order valence-electron chi connectivity index (χ1n) is 2.80. The van der Waals surface area contributed by atoms with Crippen molar-refractivity contribution in [3.05, 3.63) is 0 Å². The highest BCUT2D eigenvalue weighted by molar-refractivity contribution is 4.43. The Labute approximate surface area is 60.4 Å². The molecule has 0 saturated carbocycles. The maximum absolute atomic E-state index is 4.89. The Kier molecular flexibility index (Phi) is 19.3. The van der Waals surface area contributed by atoms with E-state index >= 15 is 0 Å². The van der Waals surface area contributed by atoms with E-state index in [0.717, 1.165) is 12.5 Å². The number of hydrogen-bond acceptors (Lipinski definition) is 1. The highest BCUT2D eigenvalue weighted by Crippen LogP contribution is 1.98. The van der Waals surface area contributed by atoms with Gasteiger partial charge in [0.25, 0.3) is 0 Å². The van der Waals surface area contributed by atoms with E-state index < -0.39 is 0 Å². The second-order valence-corrected chi connectivity index (χ2v) is 1.97. The second kappa shape index (κ2) is 10.9. The molecular weight excluding hydrogens is 112 g/mol. The average molecular weight is 134 g/mol. The van der Waals surface area contributed by atoms with Gasteiger partial charge in [0.05, 0.1) is 0 Å². The number of rotatable bonds is 3. The van der Waals surface area contributed by atoms with E-state index in [4.69, 9.17) is 4.74 Å². The van der Waals surface area contributed by atoms with Crippen molar-refractivity contribution in [2.45, 2.75) is 35.1 Å². The lowest BCUT2D eigenvalue weighted by Crippen LogP contribution is -2.00. The van der Waals surface area contributed by atoms with Gasteiger partial charge in [-0.2, -0.15) is 0 Å². The summed E-state index contributed by atoms with van der Waals surface area (Å²) in [6, 6.07) is 0. The minimum Gasteiger partial charge on any atom is -0.384 e. The molecular formula is C8H22O. The van der Waals surface area contributed by atoms with Gasteiger partial charge in [0, 0.05) is 13.7 Å². The molecule has 0 aromatic heterocycles. The largest absolute Gasteiger partial charge is 0.384 e. The third-order valence-electron chi connectivity index (χ3n) is 1.15. The molecule has 0 rings (SSSR count). The van der Waals surface area contributed by atoms with Crippen molar-refractivity contribution in [1.82, 2.24) is 0 Å². The normalized spacial score (nSPS) is 11.0. The lowest BCUT2D eigenvalue weighted by molar-refractivity contribution is 0.158. The quantitative estimate of drug-likeness (QED) is 0.576. The molecule has 0 fully saturated rings. The summed E-state index contributed by atoms with van der Waals surface area (Å²) >= 11 is 0. The van der Waals surface area contributed by atoms with Crippen LogP contribution in [0.15, 0.2) is 0 Å². The molecule has 0 amide bonds. The third-order valence-corrected chi connectivity index (χ3v) is 1.15. The molecule has 0 radical (unpaired) electrons. The van der Waals surface area contributed by atoms with E-state index in [-0.39, 0.29) is 14.9 Å². The highest BCUT2D eigenvalue weighted by Gasteiger charge is 1.93. The van der Waals surface area contributed by atoms with Crippen LogP contribution in [0.3, 0.4) is 0 Å². The van der Waals surface area contributed by atoms with Crippen molar-refractivity contribution in [3.8, 4) is 0 Å². The van der Waals surface area contributed by atoms with E-state index in [0.29, 0.717) is 0 Å². The molecule has 1 heteroatoms. The van der Waals surface area contributed by atoms with Crippen LogP contribution in [-0.2, 0) is 4.74 Å². The highest BCUT2D eigenvalue weighted by atomic mass is 16.5. The summed E-state index contributed by atoms with van der Waals surface area (Å²) in [5.74, 6) is 0.727. The van der Waals surface area contributed by atoms with Gasteiger partial charge in [-0.25, -0.2) is 0 Å². The number of hydrogen-bond donors (Lipinski definition) is 0. The maximum atomic E-state index is 4.89. The fourth-order valence-corrected chi connectivity index (χ4v) is 0.402. The fraction of sp³-hybridized carbons (Fsp3) is 1.00. The molecule has 0 heterocycles. The summed E-state index contributed by atoms with van der Waals surface area (Å²) < 4.78 is 4.89. The van der Waals surface area contributed by atoms with E-state index in [1.54, 1.807) is 7.11 Å². The number of methoxy groups -OCH3 is 1. The van der Waals surface area contributed by atoms with E-state index in [1.165, 1.54) is 6.42 Å². The van der Waals surface area contributed by atoms with Crippen LogP contribution in [0.4, 0.5) is 0 Å². The molecule has 0 saturated heterocycles. The van der Waals surface area contributed by atoms with Crippen LogP contribution < -0.4 is 0 Å². The Hall–Kier alpha value is -0.0400. The molecule has 0 aliphatic carbocycles. The molecule has 0 aliphatic heterocycles. The standard InChI is InChI=1S/C6H14O.2CH4/c1-4-6(2)5-7-3;;/h6H,4-5H2,1-3H3;2*1H4. The Balaban J connectivity index is -0.000000180. The fourth-order valence-electron chi connectivity index (χ4n) is 0.402. The van der Waals surface area contributed by atoms with Gasteiger partial charge in [0.2, 0.25) is 0 Å². The first kappa shape index (κ1) is 16.0. The first-order chi connectivity index (χ1) is 3.31. The Morgan fingerprint density at radius 2 is 1.78 bits per heavy atom. The molecule has 60 valence electrons. The zero-order valence-corrected chi connectivity index (χ0v) is 5.40. The van der Waals surface area contributed by atoms with Crippen LogP contribution in [-0.4, -0.2) is 13.7 Å². The van der Waals surface area contributed by atoms with Gasteiger partial charge in [0.1, 0.15) is 0 Å². The minimum absolute atomic E-state index is 0. The molecule has 0 aliphatic rings. The minimum atomic E-state index is 0. The van der Waals surface area contributed by atoms with E-state index in [9.17, 15) is 0 Å². The second-order valence-electron chi connectivity index (χ2n) is 1.97. The van der Waals surface area contributed by atoms with Crippen LogP contribution in [0.1, 0.15) is 35.1 Å². The summed E-state index contributed by atoms with van der Waals surface area (Å²) in [4.78, 5) is 0. The van der Waals surface area contributed by atoms with Gasteiger partial charge in [-0.05, 0) is 5.92 Å². The summed E-state index contributed by atoms with van der Waals surface area (Å²) in [5.41, 5.74) is 0. The van der Waals surface area contributed by atoms with Gasteiger partial charge in [-0.15, -0.1) is 0 Å². The topological polar surface area (TPSA) is 9.23 Å². The third kappa shape index (κ3) is 11.5. The molecule has 1 unspecified atom stereocenters. The van der Waals surface area contributed by atoms with E-state index in [2.05, 4.69) is 13.8 Å². The SMILES string of the molecule is C.C.CCC(C)COC. The zero-order valence-electron chi connectivity index (χ0n) is 5.40. The van der Waals surface area contributed by atoms with Crippen LogP contribution in [0, 0.1) is 5.92 Å². The van der Waals surface area contributed by atoms with Gasteiger partial charge in [0.15, 0.2) is 0 Å². The molecule has 0 aromatic rings. The average Bonchev–Trinajstić information content (AvgIpc) is 1.68. The van der Waals surface area contributed by atoms with Crippen LogP contribution in [0.25, 0.3) is 0 Å². The van der Waals surface area contributed by atoms with Gasteiger partial charge >= 0.3 is 0 Å². The van der Waals surface area contributed by atoms with Crippen molar-refractivity contribution in [2.75, 3.05) is 13.7 Å². The van der Waals surface area contributed by atoms with Crippen molar-refractivity contribution in [1.29, 1.82) is 0 Å². The molecule has 0 spiro atoms. The monoisotopic (exact) mass is 134 g/mol. The van der Waals surface area contributed by atoms with Gasteiger partial charge < -0.3 is 4.74 Å². The molecule has 0 N–H and O–H groups in total. The Morgan fingerprint density at radius 1 is 1.33 bits per heavy atom. The summed E-state index contributed by atoms with van der Waals surface area (Å²) in [6.45, 7) is 5.25. The molecule has 9 heavy (non-hydrogen) atoms. The van der Waals surface area contributed by atoms with Crippen molar-refractivity contribution >= 4 is 0 Å².